The van der Waals surface area contributed by atoms with Crippen LogP contribution in [0.1, 0.15) is 26.3 Å². The Kier molecular flexibility index (Phi) is 4.07. The summed E-state index contributed by atoms with van der Waals surface area (Å²) < 4.78 is 10.3. The molecule has 16 heavy (non-hydrogen) atoms. The van der Waals surface area contributed by atoms with E-state index < -0.39 is 5.41 Å². The van der Waals surface area contributed by atoms with Gasteiger partial charge in [0.05, 0.1) is 12.0 Å². The molecule has 0 atom stereocenters. The molecule has 0 unspecified atom stereocenters. The number of ether oxygens (including phenoxy) is 2. The summed E-state index contributed by atoms with van der Waals surface area (Å²) in [5.41, 5.74) is 0.499. The Morgan fingerprint density at radius 3 is 2.56 bits per heavy atom. The van der Waals surface area contributed by atoms with Crippen LogP contribution in [-0.2, 0) is 16.1 Å². The zero-order chi connectivity index (χ0) is 12.2. The molecule has 0 fully saturated rings. The van der Waals surface area contributed by atoms with Gasteiger partial charge in [-0.05, 0) is 38.5 Å². The highest BCUT2D eigenvalue weighted by Crippen LogP contribution is 2.20. The van der Waals surface area contributed by atoms with E-state index in [1.54, 1.807) is 13.2 Å². The summed E-state index contributed by atoms with van der Waals surface area (Å²) in [6.07, 6.45) is 0. The van der Waals surface area contributed by atoms with E-state index in [0.717, 1.165) is 5.56 Å². The lowest BCUT2D eigenvalue weighted by Crippen LogP contribution is -2.25. The Balaban J connectivity index is 2.74. The minimum atomic E-state index is -0.489. The minimum Gasteiger partial charge on any atom is -0.426 e. The molecular weight excluding hydrogens is 204 g/mol. The maximum absolute atomic E-state index is 11.6. The van der Waals surface area contributed by atoms with Crippen molar-refractivity contribution in [3.8, 4) is 5.75 Å². The molecule has 0 saturated carbocycles. The zero-order valence-electron chi connectivity index (χ0n) is 10.2. The van der Waals surface area contributed by atoms with E-state index in [0.29, 0.717) is 12.4 Å². The van der Waals surface area contributed by atoms with Crippen molar-refractivity contribution >= 4 is 5.97 Å². The standard InChI is InChI=1S/C13H18O3/c1-13(2,3)12(14)16-11-7-5-6-10(8-11)9-15-4/h5-8H,9H2,1-4H3. The van der Waals surface area contributed by atoms with E-state index in [-0.39, 0.29) is 5.97 Å². The van der Waals surface area contributed by atoms with Gasteiger partial charge in [-0.1, -0.05) is 12.1 Å². The first-order chi connectivity index (χ1) is 7.43. The van der Waals surface area contributed by atoms with Crippen molar-refractivity contribution in [2.24, 2.45) is 5.41 Å². The molecular formula is C13H18O3. The lowest BCUT2D eigenvalue weighted by molar-refractivity contribution is -0.143. The van der Waals surface area contributed by atoms with Gasteiger partial charge in [-0.15, -0.1) is 0 Å². The fourth-order valence-electron chi connectivity index (χ4n) is 1.13. The van der Waals surface area contributed by atoms with Gasteiger partial charge in [0.25, 0.3) is 0 Å². The number of carbonyl (C=O) groups excluding carboxylic acids is 1. The third-order valence-electron chi connectivity index (χ3n) is 2.03. The van der Waals surface area contributed by atoms with Crippen LogP contribution in [0.2, 0.25) is 0 Å². The maximum atomic E-state index is 11.6. The molecule has 0 heterocycles. The first kappa shape index (κ1) is 12.7. The topological polar surface area (TPSA) is 35.5 Å². The monoisotopic (exact) mass is 222 g/mol. The van der Waals surface area contributed by atoms with Crippen LogP contribution in [0.3, 0.4) is 0 Å². The molecule has 0 bridgehead atoms. The molecule has 0 amide bonds. The van der Waals surface area contributed by atoms with Gasteiger partial charge < -0.3 is 9.47 Å². The molecule has 0 spiro atoms. The van der Waals surface area contributed by atoms with Crippen LogP contribution in [0.5, 0.6) is 5.75 Å². The molecule has 0 aliphatic carbocycles. The number of carbonyl (C=O) groups is 1. The number of benzene rings is 1. The summed E-state index contributed by atoms with van der Waals surface area (Å²) in [7, 11) is 1.63. The van der Waals surface area contributed by atoms with Crippen LogP contribution in [0.25, 0.3) is 0 Å². The molecule has 0 radical (unpaired) electrons. The van der Waals surface area contributed by atoms with Crippen molar-refractivity contribution in [2.75, 3.05) is 7.11 Å². The molecule has 0 saturated heterocycles. The zero-order valence-corrected chi connectivity index (χ0v) is 10.2. The Bertz CT molecular complexity index is 364. The summed E-state index contributed by atoms with van der Waals surface area (Å²) in [5, 5.41) is 0. The molecule has 1 aromatic rings. The van der Waals surface area contributed by atoms with Crippen molar-refractivity contribution in [3.05, 3.63) is 29.8 Å². The van der Waals surface area contributed by atoms with Gasteiger partial charge in [-0.3, -0.25) is 4.79 Å². The van der Waals surface area contributed by atoms with Crippen molar-refractivity contribution in [3.63, 3.8) is 0 Å². The van der Waals surface area contributed by atoms with Gasteiger partial charge >= 0.3 is 5.97 Å². The minimum absolute atomic E-state index is 0.234. The molecule has 0 aliphatic rings. The second-order valence-corrected chi connectivity index (χ2v) is 4.72. The van der Waals surface area contributed by atoms with Crippen LogP contribution in [-0.4, -0.2) is 13.1 Å². The number of hydrogen-bond donors (Lipinski definition) is 0. The quantitative estimate of drug-likeness (QED) is 0.582. The molecule has 1 aromatic carbocycles. The molecule has 0 aromatic heterocycles. The molecule has 3 nitrogen and oxygen atoms in total. The maximum Gasteiger partial charge on any atom is 0.316 e. The predicted octanol–water partition coefficient (Wildman–Crippen LogP) is 2.78. The Morgan fingerprint density at radius 2 is 2.00 bits per heavy atom. The molecule has 88 valence electrons. The number of methoxy groups -OCH3 is 1. The Labute approximate surface area is 96.4 Å². The number of hydrogen-bond acceptors (Lipinski definition) is 3. The van der Waals surface area contributed by atoms with E-state index in [9.17, 15) is 4.79 Å². The third-order valence-corrected chi connectivity index (χ3v) is 2.03. The highest BCUT2D eigenvalue weighted by atomic mass is 16.5. The highest BCUT2D eigenvalue weighted by molar-refractivity contribution is 5.77. The van der Waals surface area contributed by atoms with E-state index in [4.69, 9.17) is 9.47 Å². The van der Waals surface area contributed by atoms with Gasteiger partial charge in [0.2, 0.25) is 0 Å². The smallest absolute Gasteiger partial charge is 0.316 e. The summed E-state index contributed by atoms with van der Waals surface area (Å²) >= 11 is 0. The van der Waals surface area contributed by atoms with Crippen molar-refractivity contribution in [1.82, 2.24) is 0 Å². The Hall–Kier alpha value is -1.35. The van der Waals surface area contributed by atoms with Gasteiger partial charge in [0, 0.05) is 7.11 Å². The average molecular weight is 222 g/mol. The van der Waals surface area contributed by atoms with Crippen LogP contribution in [0, 0.1) is 5.41 Å². The van der Waals surface area contributed by atoms with Crippen molar-refractivity contribution in [2.45, 2.75) is 27.4 Å². The first-order valence-corrected chi connectivity index (χ1v) is 5.23. The van der Waals surface area contributed by atoms with E-state index in [1.165, 1.54) is 0 Å². The summed E-state index contributed by atoms with van der Waals surface area (Å²) in [5.74, 6) is 0.330. The van der Waals surface area contributed by atoms with Crippen LogP contribution in [0.4, 0.5) is 0 Å². The molecule has 0 N–H and O–H groups in total. The van der Waals surface area contributed by atoms with Gasteiger partial charge in [-0.2, -0.15) is 0 Å². The van der Waals surface area contributed by atoms with E-state index in [2.05, 4.69) is 0 Å². The SMILES string of the molecule is COCc1cccc(OC(=O)C(C)(C)C)c1. The van der Waals surface area contributed by atoms with Crippen molar-refractivity contribution in [1.29, 1.82) is 0 Å². The first-order valence-electron chi connectivity index (χ1n) is 5.23. The average Bonchev–Trinajstić information content (AvgIpc) is 2.17. The van der Waals surface area contributed by atoms with Gasteiger partial charge in [0.15, 0.2) is 0 Å². The summed E-state index contributed by atoms with van der Waals surface area (Å²) in [6, 6.07) is 7.35. The van der Waals surface area contributed by atoms with Crippen LogP contribution in [0.15, 0.2) is 24.3 Å². The lowest BCUT2D eigenvalue weighted by atomic mass is 9.97. The normalized spacial score (nSPS) is 11.2. The largest absolute Gasteiger partial charge is 0.426 e. The van der Waals surface area contributed by atoms with Gasteiger partial charge in [0.1, 0.15) is 5.75 Å². The van der Waals surface area contributed by atoms with E-state index >= 15 is 0 Å². The highest BCUT2D eigenvalue weighted by Gasteiger charge is 2.23. The fourth-order valence-corrected chi connectivity index (χ4v) is 1.13. The van der Waals surface area contributed by atoms with Gasteiger partial charge in [-0.25, -0.2) is 0 Å². The molecule has 0 aliphatic heterocycles. The van der Waals surface area contributed by atoms with Crippen LogP contribution >= 0.6 is 0 Å². The number of rotatable bonds is 3. The number of esters is 1. The fraction of sp³-hybridized carbons (Fsp3) is 0.462. The second-order valence-electron chi connectivity index (χ2n) is 4.72. The summed E-state index contributed by atoms with van der Waals surface area (Å²) in [6.45, 7) is 6.00. The predicted molar refractivity (Wildman–Crippen MR) is 62.2 cm³/mol. The molecule has 3 heteroatoms. The van der Waals surface area contributed by atoms with Crippen LogP contribution < -0.4 is 4.74 Å². The third kappa shape index (κ3) is 3.66. The molecule has 1 rings (SSSR count). The van der Waals surface area contributed by atoms with E-state index in [1.807, 2.05) is 39.0 Å². The second kappa shape index (κ2) is 5.12. The van der Waals surface area contributed by atoms with Crippen molar-refractivity contribution < 1.29 is 14.3 Å². The summed E-state index contributed by atoms with van der Waals surface area (Å²) in [4.78, 5) is 11.6. The Morgan fingerprint density at radius 1 is 1.31 bits per heavy atom. The lowest BCUT2D eigenvalue weighted by Gasteiger charge is -2.16.